The average Bonchev–Trinajstić information content (AvgIpc) is 3.10. The van der Waals surface area contributed by atoms with Gasteiger partial charge in [-0.05, 0) is 12.6 Å². The highest BCUT2D eigenvalue weighted by Crippen LogP contribution is 2.24. The number of aromatic nitrogens is 2. The Hall–Kier alpha value is -2.21. The minimum Gasteiger partial charge on any atom is -0.339 e. The number of aryl methyl sites for hydroxylation is 1. The second-order valence-electron chi connectivity index (χ2n) is 6.95. The van der Waals surface area contributed by atoms with Crippen LogP contribution in [0.4, 0.5) is 0 Å². The minimum absolute atomic E-state index is 0.151. The normalized spacial score (nSPS) is 18.7. The Balaban J connectivity index is 1.58. The average molecular weight is 342 g/mol. The highest BCUT2D eigenvalue weighted by atomic mass is 16.5. The van der Waals surface area contributed by atoms with Gasteiger partial charge in [-0.1, -0.05) is 49.3 Å². The summed E-state index contributed by atoms with van der Waals surface area (Å²) in [5.74, 6) is 1.63. The van der Waals surface area contributed by atoms with Crippen LogP contribution in [0.5, 0.6) is 0 Å². The molecule has 1 fully saturated rings. The highest BCUT2D eigenvalue weighted by molar-refractivity contribution is 5.76. The molecule has 25 heavy (non-hydrogen) atoms. The zero-order valence-electron chi connectivity index (χ0n) is 15.2. The minimum atomic E-state index is 0.151. The standard InChI is InChI=1S/C19H26N4O2/c1-14(2)19-20-17(25-21-19)9-10-18(24)23-12-11-22(3)16(13-23)15-7-5-4-6-8-15/h4-8,14,16H,9-13H2,1-3H3. The quantitative estimate of drug-likeness (QED) is 0.836. The molecule has 3 rings (SSSR count). The zero-order chi connectivity index (χ0) is 17.8. The van der Waals surface area contributed by atoms with Crippen molar-refractivity contribution in [1.29, 1.82) is 0 Å². The summed E-state index contributed by atoms with van der Waals surface area (Å²) in [6.45, 7) is 6.41. The van der Waals surface area contributed by atoms with Gasteiger partial charge < -0.3 is 9.42 Å². The van der Waals surface area contributed by atoms with Gasteiger partial charge in [0.1, 0.15) is 0 Å². The Kier molecular flexibility index (Phi) is 5.48. The molecule has 0 N–H and O–H groups in total. The molecule has 134 valence electrons. The fourth-order valence-electron chi connectivity index (χ4n) is 3.11. The number of amides is 1. The lowest BCUT2D eigenvalue weighted by molar-refractivity contribution is -0.134. The van der Waals surface area contributed by atoms with E-state index in [0.29, 0.717) is 24.6 Å². The topological polar surface area (TPSA) is 62.5 Å². The van der Waals surface area contributed by atoms with Crippen molar-refractivity contribution >= 4 is 5.91 Å². The van der Waals surface area contributed by atoms with E-state index in [4.69, 9.17) is 4.52 Å². The lowest BCUT2D eigenvalue weighted by atomic mass is 10.0. The summed E-state index contributed by atoms with van der Waals surface area (Å²) in [5.41, 5.74) is 1.25. The summed E-state index contributed by atoms with van der Waals surface area (Å²) in [5, 5.41) is 3.95. The molecule has 0 saturated carbocycles. The van der Waals surface area contributed by atoms with Crippen LogP contribution >= 0.6 is 0 Å². The zero-order valence-corrected chi connectivity index (χ0v) is 15.2. The molecule has 0 bridgehead atoms. The number of hydrogen-bond acceptors (Lipinski definition) is 5. The molecule has 1 aromatic heterocycles. The number of benzene rings is 1. The van der Waals surface area contributed by atoms with E-state index in [1.54, 1.807) is 0 Å². The van der Waals surface area contributed by atoms with Crippen LogP contribution in [-0.4, -0.2) is 52.5 Å². The van der Waals surface area contributed by atoms with E-state index >= 15 is 0 Å². The lowest BCUT2D eigenvalue weighted by Gasteiger charge is -2.39. The van der Waals surface area contributed by atoms with Crippen molar-refractivity contribution in [2.45, 2.75) is 38.6 Å². The van der Waals surface area contributed by atoms with Crippen LogP contribution in [0.3, 0.4) is 0 Å². The summed E-state index contributed by atoms with van der Waals surface area (Å²) >= 11 is 0. The molecular weight excluding hydrogens is 316 g/mol. The third-order valence-corrected chi connectivity index (χ3v) is 4.74. The van der Waals surface area contributed by atoms with Crippen molar-refractivity contribution in [3.05, 3.63) is 47.6 Å². The van der Waals surface area contributed by atoms with Crippen molar-refractivity contribution in [2.24, 2.45) is 0 Å². The number of likely N-dealkylation sites (N-methyl/N-ethyl adjacent to an activating group) is 1. The molecular formula is C19H26N4O2. The molecule has 0 aliphatic carbocycles. The second kappa shape index (κ2) is 7.78. The maximum Gasteiger partial charge on any atom is 0.227 e. The molecule has 1 unspecified atom stereocenters. The van der Waals surface area contributed by atoms with E-state index in [1.807, 2.05) is 36.9 Å². The van der Waals surface area contributed by atoms with Crippen molar-refractivity contribution in [1.82, 2.24) is 19.9 Å². The summed E-state index contributed by atoms with van der Waals surface area (Å²) in [4.78, 5) is 21.2. The Bertz CT molecular complexity index is 698. The van der Waals surface area contributed by atoms with Crippen LogP contribution in [0.2, 0.25) is 0 Å². The van der Waals surface area contributed by atoms with Crippen LogP contribution in [0.1, 0.15) is 49.5 Å². The van der Waals surface area contributed by atoms with Crippen molar-refractivity contribution in [3.8, 4) is 0 Å². The van der Waals surface area contributed by atoms with E-state index < -0.39 is 0 Å². The summed E-state index contributed by atoms with van der Waals surface area (Å²) in [6.07, 6.45) is 0.909. The first-order valence-corrected chi connectivity index (χ1v) is 8.90. The Morgan fingerprint density at radius 1 is 1.28 bits per heavy atom. The largest absolute Gasteiger partial charge is 0.339 e. The number of nitrogens with zero attached hydrogens (tertiary/aromatic N) is 4. The van der Waals surface area contributed by atoms with Gasteiger partial charge >= 0.3 is 0 Å². The highest BCUT2D eigenvalue weighted by Gasteiger charge is 2.28. The van der Waals surface area contributed by atoms with E-state index in [2.05, 4.69) is 34.2 Å². The van der Waals surface area contributed by atoms with Gasteiger partial charge in [0.05, 0.1) is 6.04 Å². The van der Waals surface area contributed by atoms with Crippen LogP contribution in [0.15, 0.2) is 34.9 Å². The number of carbonyl (C=O) groups is 1. The van der Waals surface area contributed by atoms with E-state index in [-0.39, 0.29) is 17.9 Å². The SMILES string of the molecule is CC(C)c1noc(CCC(=O)N2CCN(C)C(c3ccccc3)C2)n1. The first-order valence-electron chi connectivity index (χ1n) is 8.90. The first kappa shape index (κ1) is 17.6. The smallest absolute Gasteiger partial charge is 0.227 e. The number of rotatable bonds is 5. The first-order chi connectivity index (χ1) is 12.0. The van der Waals surface area contributed by atoms with Crippen molar-refractivity contribution in [2.75, 3.05) is 26.7 Å². The van der Waals surface area contributed by atoms with E-state index in [0.717, 1.165) is 19.6 Å². The molecule has 0 radical (unpaired) electrons. The fourth-order valence-corrected chi connectivity index (χ4v) is 3.11. The molecule has 2 heterocycles. The van der Waals surface area contributed by atoms with Gasteiger partial charge in [-0.2, -0.15) is 4.98 Å². The second-order valence-corrected chi connectivity index (χ2v) is 6.95. The predicted octanol–water partition coefficient (Wildman–Crippen LogP) is 2.64. The third-order valence-electron chi connectivity index (χ3n) is 4.74. The molecule has 0 spiro atoms. The van der Waals surface area contributed by atoms with Gasteiger partial charge in [-0.3, -0.25) is 9.69 Å². The monoisotopic (exact) mass is 342 g/mol. The van der Waals surface area contributed by atoms with Gasteiger partial charge in [0, 0.05) is 38.4 Å². The number of piperazine rings is 1. The van der Waals surface area contributed by atoms with Gasteiger partial charge in [0.2, 0.25) is 11.8 Å². The summed E-state index contributed by atoms with van der Waals surface area (Å²) in [6, 6.07) is 10.6. The van der Waals surface area contributed by atoms with Gasteiger partial charge in [0.25, 0.3) is 0 Å². The van der Waals surface area contributed by atoms with Crippen LogP contribution < -0.4 is 0 Å². The molecule has 1 aliphatic heterocycles. The molecule has 6 nitrogen and oxygen atoms in total. The molecule has 2 aromatic rings. The van der Waals surface area contributed by atoms with Crippen molar-refractivity contribution in [3.63, 3.8) is 0 Å². The van der Waals surface area contributed by atoms with Gasteiger partial charge in [-0.15, -0.1) is 0 Å². The van der Waals surface area contributed by atoms with E-state index in [1.165, 1.54) is 5.56 Å². The van der Waals surface area contributed by atoms with Gasteiger partial charge in [0.15, 0.2) is 5.82 Å². The van der Waals surface area contributed by atoms with E-state index in [9.17, 15) is 4.79 Å². The molecule has 1 amide bonds. The van der Waals surface area contributed by atoms with Gasteiger partial charge in [-0.25, -0.2) is 0 Å². The van der Waals surface area contributed by atoms with Crippen LogP contribution in [0, 0.1) is 0 Å². The van der Waals surface area contributed by atoms with Crippen LogP contribution in [0.25, 0.3) is 0 Å². The molecule has 1 saturated heterocycles. The number of carbonyl (C=O) groups excluding carboxylic acids is 1. The maximum atomic E-state index is 12.6. The Labute approximate surface area is 148 Å². The Morgan fingerprint density at radius 3 is 2.72 bits per heavy atom. The van der Waals surface area contributed by atoms with Crippen LogP contribution in [-0.2, 0) is 11.2 Å². The molecule has 6 heteroatoms. The molecule has 1 aliphatic rings. The number of hydrogen-bond donors (Lipinski definition) is 0. The Morgan fingerprint density at radius 2 is 2.04 bits per heavy atom. The summed E-state index contributed by atoms with van der Waals surface area (Å²) in [7, 11) is 2.12. The predicted molar refractivity (Wildman–Crippen MR) is 95.1 cm³/mol. The molecule has 1 aromatic carbocycles. The fraction of sp³-hybridized carbons (Fsp3) is 0.526. The van der Waals surface area contributed by atoms with Crippen molar-refractivity contribution < 1.29 is 9.32 Å². The third kappa shape index (κ3) is 4.25. The summed E-state index contributed by atoms with van der Waals surface area (Å²) < 4.78 is 5.23. The molecule has 1 atom stereocenters. The lowest BCUT2D eigenvalue weighted by Crippen LogP contribution is -2.49. The maximum absolute atomic E-state index is 12.6.